The predicted octanol–water partition coefficient (Wildman–Crippen LogP) is 1.20. The van der Waals surface area contributed by atoms with Gasteiger partial charge in [0.15, 0.2) is 0 Å². The Bertz CT molecular complexity index is 377. The molecule has 0 unspecified atom stereocenters. The average molecular weight is 237 g/mol. The summed E-state index contributed by atoms with van der Waals surface area (Å²) in [6.07, 6.45) is -0.0714. The molecule has 0 aliphatic carbocycles. The van der Waals surface area contributed by atoms with Crippen molar-refractivity contribution in [2.45, 2.75) is 12.5 Å². The Morgan fingerprint density at radius 2 is 1.82 bits per heavy atom. The van der Waals surface area contributed by atoms with Crippen LogP contribution in [0, 0.1) is 0 Å². The van der Waals surface area contributed by atoms with Crippen molar-refractivity contribution in [2.24, 2.45) is 0 Å². The maximum Gasteiger partial charge on any atom is 0.328 e. The van der Waals surface area contributed by atoms with Crippen molar-refractivity contribution < 1.29 is 19.1 Å². The lowest BCUT2D eigenvalue weighted by Gasteiger charge is -2.16. The largest absolute Gasteiger partial charge is 0.469 e. The van der Waals surface area contributed by atoms with Crippen molar-refractivity contribution in [3.8, 4) is 0 Å². The standard InChI is InChI=1S/C12H15NO4/c1-16-11(14)8-10(12(15)17-2)13-9-6-4-3-5-7-9/h3-7,10,13H,8H2,1-2H3/t10-/m0/s1. The first kappa shape index (κ1) is 13.0. The van der Waals surface area contributed by atoms with Crippen LogP contribution in [0.15, 0.2) is 30.3 Å². The van der Waals surface area contributed by atoms with Gasteiger partial charge in [-0.2, -0.15) is 0 Å². The molecule has 92 valence electrons. The fraction of sp³-hybridized carbons (Fsp3) is 0.333. The Labute approximate surface area is 99.7 Å². The van der Waals surface area contributed by atoms with Crippen molar-refractivity contribution >= 4 is 17.6 Å². The first-order valence-electron chi connectivity index (χ1n) is 5.13. The topological polar surface area (TPSA) is 64.6 Å². The van der Waals surface area contributed by atoms with Crippen molar-refractivity contribution in [3.63, 3.8) is 0 Å². The van der Waals surface area contributed by atoms with Gasteiger partial charge >= 0.3 is 11.9 Å². The summed E-state index contributed by atoms with van der Waals surface area (Å²) in [6, 6.07) is 8.37. The van der Waals surface area contributed by atoms with E-state index in [1.165, 1.54) is 14.2 Å². The molecule has 0 aliphatic heterocycles. The van der Waals surface area contributed by atoms with Crippen LogP contribution in [0.1, 0.15) is 6.42 Å². The Balaban J connectivity index is 2.70. The molecular weight excluding hydrogens is 222 g/mol. The van der Waals surface area contributed by atoms with Gasteiger partial charge < -0.3 is 14.8 Å². The summed E-state index contributed by atoms with van der Waals surface area (Å²) < 4.78 is 9.15. The number of esters is 2. The molecule has 5 nitrogen and oxygen atoms in total. The van der Waals surface area contributed by atoms with Crippen LogP contribution in [0.5, 0.6) is 0 Å². The number of ether oxygens (including phenoxy) is 2. The van der Waals surface area contributed by atoms with Crippen LogP contribution in [0.25, 0.3) is 0 Å². The highest BCUT2D eigenvalue weighted by Crippen LogP contribution is 2.10. The maximum atomic E-state index is 11.5. The normalized spacial score (nSPS) is 11.4. The monoisotopic (exact) mass is 237 g/mol. The fourth-order valence-corrected chi connectivity index (χ4v) is 1.32. The predicted molar refractivity (Wildman–Crippen MR) is 62.5 cm³/mol. The fourth-order valence-electron chi connectivity index (χ4n) is 1.32. The lowest BCUT2D eigenvalue weighted by Crippen LogP contribution is -2.33. The van der Waals surface area contributed by atoms with Crippen LogP contribution in [-0.2, 0) is 19.1 Å². The smallest absolute Gasteiger partial charge is 0.328 e. The first-order chi connectivity index (χ1) is 8.17. The summed E-state index contributed by atoms with van der Waals surface area (Å²) in [5.41, 5.74) is 0.742. The minimum atomic E-state index is -0.741. The van der Waals surface area contributed by atoms with Gasteiger partial charge in [-0.15, -0.1) is 0 Å². The lowest BCUT2D eigenvalue weighted by molar-refractivity contribution is -0.148. The number of carbonyl (C=O) groups is 2. The molecule has 1 aromatic rings. The number of hydrogen-bond donors (Lipinski definition) is 1. The summed E-state index contributed by atoms with van der Waals surface area (Å²) in [7, 11) is 2.55. The molecule has 0 spiro atoms. The van der Waals surface area contributed by atoms with Gasteiger partial charge in [0.25, 0.3) is 0 Å². The molecule has 1 atom stereocenters. The van der Waals surface area contributed by atoms with E-state index in [0.29, 0.717) is 0 Å². The van der Waals surface area contributed by atoms with Crippen molar-refractivity contribution in [1.82, 2.24) is 0 Å². The maximum absolute atomic E-state index is 11.5. The van der Waals surface area contributed by atoms with Crippen molar-refractivity contribution in [2.75, 3.05) is 19.5 Å². The number of para-hydroxylation sites is 1. The van der Waals surface area contributed by atoms with E-state index >= 15 is 0 Å². The highest BCUT2D eigenvalue weighted by molar-refractivity contribution is 5.85. The zero-order valence-electron chi connectivity index (χ0n) is 9.80. The Morgan fingerprint density at radius 1 is 1.18 bits per heavy atom. The zero-order valence-corrected chi connectivity index (χ0v) is 9.80. The number of anilines is 1. The van der Waals surface area contributed by atoms with E-state index in [2.05, 4.69) is 14.8 Å². The third kappa shape index (κ3) is 4.14. The average Bonchev–Trinajstić information content (AvgIpc) is 2.38. The van der Waals surface area contributed by atoms with Crippen molar-refractivity contribution in [3.05, 3.63) is 30.3 Å². The molecule has 0 aliphatic rings. The van der Waals surface area contributed by atoms with Crippen LogP contribution in [0.2, 0.25) is 0 Å². The number of rotatable bonds is 5. The van der Waals surface area contributed by atoms with E-state index in [9.17, 15) is 9.59 Å². The van der Waals surface area contributed by atoms with Gasteiger partial charge in [0.05, 0.1) is 20.6 Å². The van der Waals surface area contributed by atoms with E-state index in [4.69, 9.17) is 0 Å². The molecule has 0 saturated heterocycles. The van der Waals surface area contributed by atoms with Crippen molar-refractivity contribution in [1.29, 1.82) is 0 Å². The highest BCUT2D eigenvalue weighted by Gasteiger charge is 2.22. The second-order valence-corrected chi connectivity index (χ2v) is 3.37. The van der Waals surface area contributed by atoms with Gasteiger partial charge in [-0.1, -0.05) is 18.2 Å². The number of carbonyl (C=O) groups excluding carboxylic acids is 2. The second-order valence-electron chi connectivity index (χ2n) is 3.37. The molecule has 17 heavy (non-hydrogen) atoms. The zero-order chi connectivity index (χ0) is 12.7. The van der Waals surface area contributed by atoms with Crippen LogP contribution in [0.4, 0.5) is 5.69 Å². The molecule has 0 aromatic heterocycles. The summed E-state index contributed by atoms with van der Waals surface area (Å²) >= 11 is 0. The van der Waals surface area contributed by atoms with Crippen LogP contribution in [0.3, 0.4) is 0 Å². The summed E-state index contributed by atoms with van der Waals surface area (Å²) in [6.45, 7) is 0. The van der Waals surface area contributed by atoms with E-state index in [0.717, 1.165) is 5.69 Å². The molecule has 1 aromatic carbocycles. The highest BCUT2D eigenvalue weighted by atomic mass is 16.5. The van der Waals surface area contributed by atoms with E-state index in [1.54, 1.807) is 12.1 Å². The third-order valence-corrected chi connectivity index (χ3v) is 2.20. The molecule has 0 fully saturated rings. The minimum absolute atomic E-state index is 0.0714. The Kier molecular flexibility index (Phi) is 5.00. The van der Waals surface area contributed by atoms with E-state index < -0.39 is 18.0 Å². The molecule has 0 heterocycles. The molecule has 5 heteroatoms. The van der Waals surface area contributed by atoms with Gasteiger partial charge in [0.2, 0.25) is 0 Å². The Hall–Kier alpha value is -2.04. The van der Waals surface area contributed by atoms with Crippen LogP contribution in [-0.4, -0.2) is 32.2 Å². The summed E-state index contributed by atoms with van der Waals surface area (Å²) in [5.74, 6) is -0.969. The lowest BCUT2D eigenvalue weighted by atomic mass is 10.2. The summed E-state index contributed by atoms with van der Waals surface area (Å²) in [5, 5.41) is 2.92. The number of nitrogens with one attached hydrogen (secondary N) is 1. The molecule has 1 N–H and O–H groups in total. The molecule has 0 bridgehead atoms. The molecule has 0 saturated carbocycles. The van der Waals surface area contributed by atoms with Gasteiger partial charge in [0, 0.05) is 5.69 Å². The van der Waals surface area contributed by atoms with Gasteiger partial charge in [-0.3, -0.25) is 4.79 Å². The van der Waals surface area contributed by atoms with Gasteiger partial charge in [-0.25, -0.2) is 4.79 Å². The minimum Gasteiger partial charge on any atom is -0.469 e. The molecule has 0 radical (unpaired) electrons. The summed E-state index contributed by atoms with van der Waals surface area (Å²) in [4.78, 5) is 22.6. The van der Waals surface area contributed by atoms with Crippen LogP contribution >= 0.6 is 0 Å². The number of methoxy groups -OCH3 is 2. The van der Waals surface area contributed by atoms with E-state index in [1.807, 2.05) is 18.2 Å². The Morgan fingerprint density at radius 3 is 2.35 bits per heavy atom. The van der Waals surface area contributed by atoms with Gasteiger partial charge in [0.1, 0.15) is 6.04 Å². The van der Waals surface area contributed by atoms with E-state index in [-0.39, 0.29) is 6.42 Å². The second kappa shape index (κ2) is 6.52. The molecular formula is C12H15NO4. The first-order valence-corrected chi connectivity index (χ1v) is 5.13. The molecule has 0 amide bonds. The quantitative estimate of drug-likeness (QED) is 0.780. The number of benzene rings is 1. The SMILES string of the molecule is COC(=O)C[C@H](Nc1ccccc1)C(=O)OC. The third-order valence-electron chi connectivity index (χ3n) is 2.20. The van der Waals surface area contributed by atoms with Gasteiger partial charge in [-0.05, 0) is 12.1 Å². The molecule has 1 rings (SSSR count). The number of hydrogen-bond acceptors (Lipinski definition) is 5. The van der Waals surface area contributed by atoms with Crippen LogP contribution < -0.4 is 5.32 Å².